The van der Waals surface area contributed by atoms with Crippen molar-refractivity contribution in [2.24, 2.45) is 0 Å². The van der Waals surface area contributed by atoms with Gasteiger partial charge in [0.2, 0.25) is 8.32 Å². The first-order valence-corrected chi connectivity index (χ1v) is 16.1. The van der Waals surface area contributed by atoms with Crippen molar-refractivity contribution in [1.82, 2.24) is 0 Å². The fraction of sp³-hybridized carbons (Fsp3) is 0.500. The molecule has 0 aliphatic heterocycles. The van der Waals surface area contributed by atoms with Crippen LogP contribution in [0.5, 0.6) is 5.75 Å². The third-order valence-corrected chi connectivity index (χ3v) is 10.9. The Balaban J connectivity index is 2.24. The Morgan fingerprint density at radius 2 is 1.52 bits per heavy atom. The molecule has 1 unspecified atom stereocenters. The zero-order valence-electron chi connectivity index (χ0n) is 16.8. The van der Waals surface area contributed by atoms with Crippen molar-refractivity contribution in [2.45, 2.75) is 64.6 Å². The van der Waals surface area contributed by atoms with E-state index >= 15 is 0 Å². The second-order valence-corrected chi connectivity index (χ2v) is 19.2. The molecule has 0 bridgehead atoms. The highest BCUT2D eigenvalue weighted by atomic mass is 32.1. The van der Waals surface area contributed by atoms with E-state index in [1.165, 1.54) is 10.4 Å². The molecule has 2 aromatic rings. The molecule has 1 heterocycles. The lowest BCUT2D eigenvalue weighted by Gasteiger charge is -2.36. The second-order valence-electron chi connectivity index (χ2n) is 9.06. The molecular weight excluding hydrogens is 360 g/mol. The van der Waals surface area contributed by atoms with E-state index in [0.29, 0.717) is 0 Å². The van der Waals surface area contributed by atoms with E-state index in [1.54, 1.807) is 11.3 Å². The van der Waals surface area contributed by atoms with Crippen LogP contribution in [0.3, 0.4) is 0 Å². The van der Waals surface area contributed by atoms with E-state index in [1.807, 2.05) is 0 Å². The predicted molar refractivity (Wildman–Crippen MR) is 115 cm³/mol. The average Bonchev–Trinajstić information content (AvgIpc) is 2.97. The Morgan fingerprint density at radius 3 is 1.96 bits per heavy atom. The monoisotopic (exact) mass is 392 g/mol. The lowest BCUT2D eigenvalue weighted by atomic mass is 10.1. The van der Waals surface area contributed by atoms with Crippen LogP contribution in [0.1, 0.15) is 37.3 Å². The summed E-state index contributed by atoms with van der Waals surface area (Å²) in [7, 11) is -3.46. The molecule has 0 saturated heterocycles. The molecule has 138 valence electrons. The van der Waals surface area contributed by atoms with Gasteiger partial charge in [0.05, 0.1) is 0 Å². The van der Waals surface area contributed by atoms with Crippen LogP contribution in [0.15, 0.2) is 41.8 Å². The topological polar surface area (TPSA) is 18.5 Å². The van der Waals surface area contributed by atoms with E-state index < -0.39 is 16.6 Å². The molecule has 1 atom stereocenters. The first kappa shape index (κ1) is 20.4. The van der Waals surface area contributed by atoms with Crippen molar-refractivity contribution in [1.29, 1.82) is 0 Å². The summed E-state index contributed by atoms with van der Waals surface area (Å²) in [6, 6.07) is 12.8. The molecule has 0 saturated carbocycles. The van der Waals surface area contributed by atoms with E-state index in [4.69, 9.17) is 8.85 Å². The number of hydrogen-bond donors (Lipinski definition) is 0. The fourth-order valence-electron chi connectivity index (χ4n) is 2.24. The zero-order valence-corrected chi connectivity index (χ0v) is 19.7. The highest BCUT2D eigenvalue weighted by Gasteiger charge is 2.39. The summed E-state index contributed by atoms with van der Waals surface area (Å²) >= 11 is 1.76. The summed E-state index contributed by atoms with van der Waals surface area (Å²) in [5, 5.41) is 2.32. The first-order valence-electron chi connectivity index (χ1n) is 8.89. The Kier molecular flexibility index (Phi) is 6.04. The molecule has 0 aliphatic rings. The van der Waals surface area contributed by atoms with Crippen molar-refractivity contribution in [2.75, 3.05) is 0 Å². The van der Waals surface area contributed by atoms with Gasteiger partial charge in [-0.1, -0.05) is 39.0 Å². The Hall–Kier alpha value is -0.886. The van der Waals surface area contributed by atoms with Crippen LogP contribution < -0.4 is 4.43 Å². The van der Waals surface area contributed by atoms with Gasteiger partial charge in [-0.3, -0.25) is 0 Å². The minimum Gasteiger partial charge on any atom is -0.544 e. The van der Waals surface area contributed by atoms with Crippen molar-refractivity contribution in [3.8, 4) is 5.75 Å². The molecule has 0 fully saturated rings. The maximum atomic E-state index is 6.48. The van der Waals surface area contributed by atoms with Crippen molar-refractivity contribution < 1.29 is 8.85 Å². The van der Waals surface area contributed by atoms with E-state index in [9.17, 15) is 0 Å². The molecular formula is C20H32O2SSi2. The molecule has 1 aromatic carbocycles. The maximum Gasteiger partial charge on any atom is 0.250 e. The van der Waals surface area contributed by atoms with Gasteiger partial charge in [-0.25, -0.2) is 0 Å². The number of hydrogen-bond acceptors (Lipinski definition) is 3. The first-order chi connectivity index (χ1) is 11.4. The van der Waals surface area contributed by atoms with Crippen LogP contribution in [-0.2, 0) is 4.43 Å². The Labute approximate surface area is 159 Å². The lowest BCUT2D eigenvalue weighted by Crippen LogP contribution is -2.43. The summed E-state index contributed by atoms with van der Waals surface area (Å²) in [6.45, 7) is 18.1. The molecule has 2 rings (SSSR count). The normalized spacial score (nSPS) is 14.4. The molecule has 2 nitrogen and oxygen atoms in total. The maximum absolute atomic E-state index is 6.48. The van der Waals surface area contributed by atoms with Crippen LogP contribution in [-0.4, -0.2) is 16.6 Å². The summed E-state index contributed by atoms with van der Waals surface area (Å²) in [6.07, 6.45) is 0.0218. The Bertz CT molecular complexity index is 665. The zero-order chi connectivity index (χ0) is 18.9. The highest BCUT2D eigenvalue weighted by Crippen LogP contribution is 2.38. The second kappa shape index (κ2) is 7.39. The molecule has 0 spiro atoms. The summed E-state index contributed by atoms with van der Waals surface area (Å²) in [5.41, 5.74) is 1.20. The van der Waals surface area contributed by atoms with Gasteiger partial charge in [0, 0.05) is 4.88 Å². The molecule has 25 heavy (non-hydrogen) atoms. The lowest BCUT2D eigenvalue weighted by molar-refractivity contribution is 0.243. The van der Waals surface area contributed by atoms with Gasteiger partial charge in [-0.2, -0.15) is 0 Å². The number of thiophene rings is 1. The largest absolute Gasteiger partial charge is 0.544 e. The van der Waals surface area contributed by atoms with Gasteiger partial charge in [0.25, 0.3) is 0 Å². The summed E-state index contributed by atoms with van der Waals surface area (Å²) in [4.78, 5) is 1.26. The molecule has 0 radical (unpaired) electrons. The molecule has 1 aromatic heterocycles. The molecule has 0 amide bonds. The van der Waals surface area contributed by atoms with Gasteiger partial charge in [0.15, 0.2) is 8.32 Å². The van der Waals surface area contributed by atoms with Gasteiger partial charge < -0.3 is 8.85 Å². The van der Waals surface area contributed by atoms with E-state index in [-0.39, 0.29) is 11.1 Å². The third-order valence-electron chi connectivity index (χ3n) is 4.64. The highest BCUT2D eigenvalue weighted by molar-refractivity contribution is 7.10. The minimum atomic E-state index is -1.80. The van der Waals surface area contributed by atoms with Crippen LogP contribution >= 0.6 is 11.3 Å². The average molecular weight is 393 g/mol. The van der Waals surface area contributed by atoms with Gasteiger partial charge in [0.1, 0.15) is 11.9 Å². The van der Waals surface area contributed by atoms with E-state index in [0.717, 1.165) is 5.75 Å². The predicted octanol–water partition coefficient (Wildman–Crippen LogP) is 7.07. The number of rotatable bonds is 6. The van der Waals surface area contributed by atoms with Crippen LogP contribution in [0.4, 0.5) is 0 Å². The van der Waals surface area contributed by atoms with Crippen LogP contribution in [0, 0.1) is 0 Å². The quantitative estimate of drug-likeness (QED) is 0.489. The molecule has 5 heteroatoms. The minimum absolute atomic E-state index is 0.0218. The Morgan fingerprint density at radius 1 is 0.920 bits per heavy atom. The fourth-order valence-corrected chi connectivity index (χ4v) is 5.11. The summed E-state index contributed by atoms with van der Waals surface area (Å²) in [5.74, 6) is 0.966. The SMILES string of the molecule is CC(C)(C)[Si](C)(C)Oc1ccc(C(O[Si](C)(C)C)c2cccs2)cc1. The van der Waals surface area contributed by atoms with Crippen LogP contribution in [0.2, 0.25) is 37.8 Å². The standard InChI is InChI=1S/C20H32O2SSi2/c1-20(2,3)25(7,8)21-17-13-11-16(12-14-17)19(22-24(4,5)6)18-10-9-15-23-18/h9-15,19H,1-8H3. The van der Waals surface area contributed by atoms with Gasteiger partial charge >= 0.3 is 0 Å². The number of benzene rings is 1. The van der Waals surface area contributed by atoms with Crippen molar-refractivity contribution >= 4 is 28.0 Å². The van der Waals surface area contributed by atoms with Crippen LogP contribution in [0.25, 0.3) is 0 Å². The van der Waals surface area contributed by atoms with Gasteiger partial charge in [-0.05, 0) is 66.9 Å². The summed E-state index contributed by atoms with van der Waals surface area (Å²) < 4.78 is 12.9. The van der Waals surface area contributed by atoms with Crippen molar-refractivity contribution in [3.63, 3.8) is 0 Å². The van der Waals surface area contributed by atoms with Crippen molar-refractivity contribution in [3.05, 3.63) is 52.2 Å². The van der Waals surface area contributed by atoms with E-state index in [2.05, 4.69) is 95.3 Å². The van der Waals surface area contributed by atoms with Gasteiger partial charge in [-0.15, -0.1) is 11.3 Å². The smallest absolute Gasteiger partial charge is 0.250 e. The molecule has 0 aliphatic carbocycles. The molecule has 0 N–H and O–H groups in total. The third kappa shape index (κ3) is 5.54.